The first kappa shape index (κ1) is 19.5. The van der Waals surface area contributed by atoms with E-state index in [1.807, 2.05) is 30.3 Å². The predicted molar refractivity (Wildman–Crippen MR) is 105 cm³/mol. The predicted octanol–water partition coefficient (Wildman–Crippen LogP) is 3.65. The van der Waals surface area contributed by atoms with Crippen LogP contribution in [0, 0.1) is 3.57 Å². The van der Waals surface area contributed by atoms with E-state index in [9.17, 15) is 4.79 Å². The normalized spacial score (nSPS) is 10.4. The van der Waals surface area contributed by atoms with Crippen LogP contribution in [0.2, 0.25) is 0 Å². The lowest BCUT2D eigenvalue weighted by atomic mass is 10.2. The zero-order chi connectivity index (χ0) is 18.1. The fourth-order valence-corrected chi connectivity index (χ4v) is 3.00. The molecule has 134 valence electrons. The molecule has 0 fully saturated rings. The molecular formula is C19H22INO4. The summed E-state index contributed by atoms with van der Waals surface area (Å²) in [7, 11) is 3.21. The molecule has 6 heteroatoms. The highest BCUT2D eigenvalue weighted by atomic mass is 127. The van der Waals surface area contributed by atoms with Crippen LogP contribution in [0.4, 0.5) is 0 Å². The summed E-state index contributed by atoms with van der Waals surface area (Å²) in [6, 6.07) is 13.4. The number of carbonyl (C=O) groups is 1. The molecule has 0 heterocycles. The molecule has 0 aliphatic heterocycles. The van der Waals surface area contributed by atoms with Gasteiger partial charge in [0.25, 0.3) is 5.91 Å². The molecule has 0 unspecified atom stereocenters. The summed E-state index contributed by atoms with van der Waals surface area (Å²) in [5, 5.41) is 2.87. The van der Waals surface area contributed by atoms with Crippen LogP contribution in [0.5, 0.6) is 11.5 Å². The van der Waals surface area contributed by atoms with Crippen molar-refractivity contribution in [2.24, 2.45) is 0 Å². The molecule has 25 heavy (non-hydrogen) atoms. The van der Waals surface area contributed by atoms with Crippen LogP contribution in [0.25, 0.3) is 0 Å². The van der Waals surface area contributed by atoms with Gasteiger partial charge in [-0.25, -0.2) is 0 Å². The zero-order valence-corrected chi connectivity index (χ0v) is 16.5. The molecule has 0 atom stereocenters. The number of ether oxygens (including phenoxy) is 3. The SMILES string of the molecule is COCCCNC(=O)c1cc(I)c(OCc2ccccc2)c(OC)c1. The highest BCUT2D eigenvalue weighted by Crippen LogP contribution is 2.34. The van der Waals surface area contributed by atoms with Crippen molar-refractivity contribution < 1.29 is 19.0 Å². The molecule has 0 radical (unpaired) electrons. The Morgan fingerprint density at radius 2 is 1.92 bits per heavy atom. The number of benzene rings is 2. The molecular weight excluding hydrogens is 433 g/mol. The van der Waals surface area contributed by atoms with Crippen LogP contribution in [0.3, 0.4) is 0 Å². The van der Waals surface area contributed by atoms with Crippen LogP contribution in [-0.4, -0.2) is 33.3 Å². The summed E-state index contributed by atoms with van der Waals surface area (Å²) in [6.45, 7) is 1.63. The fourth-order valence-electron chi connectivity index (χ4n) is 2.24. The molecule has 1 amide bonds. The third kappa shape index (κ3) is 5.89. The number of carbonyl (C=O) groups excluding carboxylic acids is 1. The Hall–Kier alpha value is -1.80. The minimum Gasteiger partial charge on any atom is -0.493 e. The van der Waals surface area contributed by atoms with E-state index in [2.05, 4.69) is 27.9 Å². The van der Waals surface area contributed by atoms with Gasteiger partial charge in [0.2, 0.25) is 0 Å². The summed E-state index contributed by atoms with van der Waals surface area (Å²) >= 11 is 2.16. The highest BCUT2D eigenvalue weighted by molar-refractivity contribution is 14.1. The molecule has 5 nitrogen and oxygen atoms in total. The van der Waals surface area contributed by atoms with E-state index in [4.69, 9.17) is 14.2 Å². The topological polar surface area (TPSA) is 56.8 Å². The molecule has 1 N–H and O–H groups in total. The number of nitrogens with one attached hydrogen (secondary N) is 1. The quantitative estimate of drug-likeness (QED) is 0.464. The van der Waals surface area contributed by atoms with Crippen molar-refractivity contribution in [3.63, 3.8) is 0 Å². The second kappa shape index (κ2) is 10.2. The summed E-state index contributed by atoms with van der Waals surface area (Å²) in [4.78, 5) is 12.3. The Balaban J connectivity index is 2.07. The van der Waals surface area contributed by atoms with Gasteiger partial charge in [-0.2, -0.15) is 0 Å². The van der Waals surface area contributed by atoms with E-state index < -0.39 is 0 Å². The van der Waals surface area contributed by atoms with Crippen molar-refractivity contribution in [3.8, 4) is 11.5 Å². The summed E-state index contributed by atoms with van der Waals surface area (Å²) in [6.07, 6.45) is 0.773. The van der Waals surface area contributed by atoms with E-state index in [1.165, 1.54) is 0 Å². The number of rotatable bonds is 9. The summed E-state index contributed by atoms with van der Waals surface area (Å²) in [5.41, 5.74) is 1.62. The Morgan fingerprint density at radius 1 is 1.16 bits per heavy atom. The molecule has 0 bridgehead atoms. The maximum absolute atomic E-state index is 12.3. The number of amides is 1. The number of methoxy groups -OCH3 is 2. The molecule has 0 aliphatic rings. The Kier molecular flexibility index (Phi) is 8.00. The summed E-state index contributed by atoms with van der Waals surface area (Å²) in [5.74, 6) is 1.05. The first-order chi connectivity index (χ1) is 12.2. The van der Waals surface area contributed by atoms with Gasteiger partial charge in [-0.3, -0.25) is 4.79 Å². The van der Waals surface area contributed by atoms with Crippen molar-refractivity contribution in [1.82, 2.24) is 5.32 Å². The Morgan fingerprint density at radius 3 is 2.60 bits per heavy atom. The van der Waals surface area contributed by atoms with Gasteiger partial charge < -0.3 is 19.5 Å². The van der Waals surface area contributed by atoms with E-state index in [-0.39, 0.29) is 5.91 Å². The third-order valence-electron chi connectivity index (χ3n) is 3.53. The molecule has 2 aromatic rings. The second-order valence-corrected chi connectivity index (χ2v) is 6.53. The van der Waals surface area contributed by atoms with Crippen LogP contribution in [0.15, 0.2) is 42.5 Å². The lowest BCUT2D eigenvalue weighted by Gasteiger charge is -2.14. The van der Waals surface area contributed by atoms with Gasteiger partial charge in [0.05, 0.1) is 10.7 Å². The van der Waals surface area contributed by atoms with Gasteiger partial charge in [-0.1, -0.05) is 30.3 Å². The van der Waals surface area contributed by atoms with E-state index >= 15 is 0 Å². The maximum atomic E-state index is 12.3. The minimum absolute atomic E-state index is 0.137. The van der Waals surface area contributed by atoms with Gasteiger partial charge in [-0.05, 0) is 46.7 Å². The van der Waals surface area contributed by atoms with Gasteiger partial charge in [0.1, 0.15) is 6.61 Å². The van der Waals surface area contributed by atoms with E-state index in [1.54, 1.807) is 26.4 Å². The van der Waals surface area contributed by atoms with Crippen molar-refractivity contribution in [2.45, 2.75) is 13.0 Å². The maximum Gasteiger partial charge on any atom is 0.251 e. The lowest BCUT2D eigenvalue weighted by Crippen LogP contribution is -2.25. The van der Waals surface area contributed by atoms with Gasteiger partial charge in [-0.15, -0.1) is 0 Å². The van der Waals surface area contributed by atoms with Gasteiger partial charge >= 0.3 is 0 Å². The van der Waals surface area contributed by atoms with Crippen LogP contribution in [-0.2, 0) is 11.3 Å². The van der Waals surface area contributed by atoms with Crippen molar-refractivity contribution in [2.75, 3.05) is 27.4 Å². The lowest BCUT2D eigenvalue weighted by molar-refractivity contribution is 0.0948. The van der Waals surface area contributed by atoms with Gasteiger partial charge in [0.15, 0.2) is 11.5 Å². The van der Waals surface area contributed by atoms with Crippen LogP contribution >= 0.6 is 22.6 Å². The summed E-state index contributed by atoms with van der Waals surface area (Å²) < 4.78 is 17.1. The molecule has 2 aromatic carbocycles. The average Bonchev–Trinajstić information content (AvgIpc) is 2.64. The standard InChI is InChI=1S/C19H22INO4/c1-23-10-6-9-21-19(22)15-11-16(20)18(17(12-15)24-2)25-13-14-7-4-3-5-8-14/h3-5,7-8,11-12H,6,9-10,13H2,1-2H3,(H,21,22). The third-order valence-corrected chi connectivity index (χ3v) is 4.33. The van der Waals surface area contributed by atoms with Gasteiger partial charge in [0, 0.05) is 25.8 Å². The van der Waals surface area contributed by atoms with Crippen LogP contribution in [0.1, 0.15) is 22.3 Å². The van der Waals surface area contributed by atoms with E-state index in [0.717, 1.165) is 15.6 Å². The molecule has 2 rings (SSSR count). The monoisotopic (exact) mass is 455 g/mol. The fraction of sp³-hybridized carbons (Fsp3) is 0.316. The molecule has 0 saturated heterocycles. The zero-order valence-electron chi connectivity index (χ0n) is 14.4. The van der Waals surface area contributed by atoms with Crippen molar-refractivity contribution >= 4 is 28.5 Å². The molecule has 0 spiro atoms. The largest absolute Gasteiger partial charge is 0.493 e. The Bertz CT molecular complexity index is 691. The molecule has 0 aliphatic carbocycles. The molecule has 0 saturated carbocycles. The molecule has 0 aromatic heterocycles. The minimum atomic E-state index is -0.137. The number of halogens is 1. The van der Waals surface area contributed by atoms with Crippen molar-refractivity contribution in [1.29, 1.82) is 0 Å². The Labute approximate surface area is 161 Å². The first-order valence-electron chi connectivity index (χ1n) is 7.97. The smallest absolute Gasteiger partial charge is 0.251 e. The average molecular weight is 455 g/mol. The second-order valence-electron chi connectivity index (χ2n) is 5.37. The van der Waals surface area contributed by atoms with Crippen LogP contribution < -0.4 is 14.8 Å². The first-order valence-corrected chi connectivity index (χ1v) is 9.05. The van der Waals surface area contributed by atoms with E-state index in [0.29, 0.717) is 36.8 Å². The number of hydrogen-bond acceptors (Lipinski definition) is 4. The van der Waals surface area contributed by atoms with Crippen molar-refractivity contribution in [3.05, 3.63) is 57.2 Å². The number of hydrogen-bond donors (Lipinski definition) is 1. The highest BCUT2D eigenvalue weighted by Gasteiger charge is 2.15.